The Morgan fingerprint density at radius 2 is 2.00 bits per heavy atom. The lowest BCUT2D eigenvalue weighted by Crippen LogP contribution is -2.20. The lowest BCUT2D eigenvalue weighted by atomic mass is 9.92. The molecule has 2 rings (SSSR count). The second-order valence-corrected chi connectivity index (χ2v) is 5.89. The summed E-state index contributed by atoms with van der Waals surface area (Å²) in [5.74, 6) is 0. The Morgan fingerprint density at radius 1 is 1.18 bits per heavy atom. The molecule has 0 aliphatic rings. The van der Waals surface area contributed by atoms with Gasteiger partial charge >= 0.3 is 0 Å². The first-order valence-electron chi connectivity index (χ1n) is 6.31. The minimum Gasteiger partial charge on any atom is -0.361 e. The zero-order valence-corrected chi connectivity index (χ0v) is 11.0. The molecule has 0 bridgehead atoms. The molecule has 0 saturated carbocycles. The molecule has 2 N–H and O–H groups in total. The van der Waals surface area contributed by atoms with Crippen LogP contribution in [-0.2, 0) is 6.54 Å². The van der Waals surface area contributed by atoms with E-state index in [-0.39, 0.29) is 0 Å². The lowest BCUT2D eigenvalue weighted by molar-refractivity contribution is 0.366. The first-order chi connectivity index (χ1) is 8.04. The van der Waals surface area contributed by atoms with E-state index in [9.17, 15) is 0 Å². The zero-order valence-electron chi connectivity index (χ0n) is 11.0. The summed E-state index contributed by atoms with van der Waals surface area (Å²) in [6.07, 6.45) is 3.19. The van der Waals surface area contributed by atoms with E-state index in [1.54, 1.807) is 0 Å². The zero-order chi connectivity index (χ0) is 12.3. The molecule has 0 radical (unpaired) electrons. The van der Waals surface area contributed by atoms with Crippen LogP contribution in [0.15, 0.2) is 30.5 Å². The van der Waals surface area contributed by atoms with Crippen LogP contribution < -0.4 is 5.32 Å². The molecular formula is C15H22N2. The molecule has 2 aromatic rings. The first-order valence-corrected chi connectivity index (χ1v) is 6.31. The molecule has 0 saturated heterocycles. The SMILES string of the molecule is CC(C)(C)CCNCc1ccc2cc[nH]c2c1. The standard InChI is InChI=1S/C15H22N2/c1-15(2,3)7-9-16-11-12-4-5-13-6-8-17-14(13)10-12/h4-6,8,10,16-17H,7,9,11H2,1-3H3. The van der Waals surface area contributed by atoms with Crippen LogP contribution in [0.2, 0.25) is 0 Å². The predicted octanol–water partition coefficient (Wildman–Crippen LogP) is 3.69. The van der Waals surface area contributed by atoms with E-state index in [0.29, 0.717) is 5.41 Å². The number of aromatic nitrogens is 1. The average Bonchev–Trinajstić information content (AvgIpc) is 2.70. The maximum absolute atomic E-state index is 3.50. The van der Waals surface area contributed by atoms with Gasteiger partial charge in [-0.2, -0.15) is 0 Å². The summed E-state index contributed by atoms with van der Waals surface area (Å²) in [7, 11) is 0. The summed E-state index contributed by atoms with van der Waals surface area (Å²) in [6.45, 7) is 8.86. The van der Waals surface area contributed by atoms with E-state index in [1.807, 2.05) is 6.20 Å². The minimum atomic E-state index is 0.413. The lowest BCUT2D eigenvalue weighted by Gasteiger charge is -2.18. The van der Waals surface area contributed by atoms with Gasteiger partial charge in [-0.15, -0.1) is 0 Å². The molecular weight excluding hydrogens is 208 g/mol. The van der Waals surface area contributed by atoms with E-state index < -0.39 is 0 Å². The number of aromatic amines is 1. The van der Waals surface area contributed by atoms with Crippen molar-refractivity contribution in [1.82, 2.24) is 10.3 Å². The van der Waals surface area contributed by atoms with Crippen molar-refractivity contribution in [2.24, 2.45) is 5.41 Å². The smallest absolute Gasteiger partial charge is 0.0457 e. The molecule has 0 amide bonds. The molecule has 0 spiro atoms. The molecule has 1 heterocycles. The molecule has 17 heavy (non-hydrogen) atoms. The predicted molar refractivity (Wildman–Crippen MR) is 74.1 cm³/mol. The number of fused-ring (bicyclic) bond motifs is 1. The molecule has 0 aliphatic carbocycles. The molecule has 1 aromatic heterocycles. The first kappa shape index (κ1) is 12.2. The Bertz CT molecular complexity index is 477. The Balaban J connectivity index is 1.86. The molecule has 1 aromatic carbocycles. The Kier molecular flexibility index (Phi) is 3.53. The normalized spacial score (nSPS) is 12.2. The molecule has 0 atom stereocenters. The third kappa shape index (κ3) is 3.60. The van der Waals surface area contributed by atoms with Crippen LogP contribution in [0.3, 0.4) is 0 Å². The highest BCUT2D eigenvalue weighted by molar-refractivity contribution is 5.79. The Hall–Kier alpha value is -1.28. The van der Waals surface area contributed by atoms with Gasteiger partial charge in [0.25, 0.3) is 0 Å². The van der Waals surface area contributed by atoms with Gasteiger partial charge < -0.3 is 10.3 Å². The highest BCUT2D eigenvalue weighted by atomic mass is 14.8. The summed E-state index contributed by atoms with van der Waals surface area (Å²) in [5, 5.41) is 4.78. The third-order valence-corrected chi connectivity index (χ3v) is 3.00. The molecule has 0 aliphatic heterocycles. The highest BCUT2D eigenvalue weighted by Crippen LogP contribution is 2.17. The second kappa shape index (κ2) is 4.92. The van der Waals surface area contributed by atoms with Crippen LogP contribution in [0.4, 0.5) is 0 Å². The summed E-state index contributed by atoms with van der Waals surface area (Å²) >= 11 is 0. The van der Waals surface area contributed by atoms with E-state index >= 15 is 0 Å². The summed E-state index contributed by atoms with van der Waals surface area (Å²) in [6, 6.07) is 8.69. The average molecular weight is 230 g/mol. The largest absolute Gasteiger partial charge is 0.361 e. The second-order valence-electron chi connectivity index (χ2n) is 5.89. The van der Waals surface area contributed by atoms with Crippen molar-refractivity contribution in [3.63, 3.8) is 0 Å². The fourth-order valence-electron chi connectivity index (χ4n) is 1.90. The van der Waals surface area contributed by atoms with Gasteiger partial charge in [-0.1, -0.05) is 32.9 Å². The maximum Gasteiger partial charge on any atom is 0.0457 e. The molecule has 0 unspecified atom stereocenters. The molecule has 0 fully saturated rings. The summed E-state index contributed by atoms with van der Waals surface area (Å²) in [4.78, 5) is 3.25. The number of rotatable bonds is 4. The van der Waals surface area contributed by atoms with Gasteiger partial charge in [-0.05, 0) is 41.5 Å². The summed E-state index contributed by atoms with van der Waals surface area (Å²) in [5.41, 5.74) is 2.98. The quantitative estimate of drug-likeness (QED) is 0.770. The van der Waals surface area contributed by atoms with E-state index in [0.717, 1.165) is 13.1 Å². The highest BCUT2D eigenvalue weighted by Gasteiger charge is 2.08. The number of H-pyrrole nitrogens is 1. The van der Waals surface area contributed by atoms with E-state index in [2.05, 4.69) is 55.3 Å². The maximum atomic E-state index is 3.50. The van der Waals surface area contributed by atoms with Crippen LogP contribution in [0, 0.1) is 5.41 Å². The van der Waals surface area contributed by atoms with Gasteiger partial charge in [0.1, 0.15) is 0 Å². The fourth-order valence-corrected chi connectivity index (χ4v) is 1.90. The van der Waals surface area contributed by atoms with Crippen molar-refractivity contribution in [3.8, 4) is 0 Å². The minimum absolute atomic E-state index is 0.413. The van der Waals surface area contributed by atoms with Crippen LogP contribution in [0.25, 0.3) is 10.9 Å². The van der Waals surface area contributed by atoms with E-state index in [1.165, 1.54) is 22.9 Å². The van der Waals surface area contributed by atoms with Crippen molar-refractivity contribution in [2.45, 2.75) is 33.7 Å². The van der Waals surface area contributed by atoms with Gasteiger partial charge in [0.2, 0.25) is 0 Å². The Labute approximate surface area is 103 Å². The monoisotopic (exact) mass is 230 g/mol. The van der Waals surface area contributed by atoms with Crippen molar-refractivity contribution in [1.29, 1.82) is 0 Å². The Morgan fingerprint density at radius 3 is 2.76 bits per heavy atom. The molecule has 92 valence electrons. The fraction of sp³-hybridized carbons (Fsp3) is 0.467. The van der Waals surface area contributed by atoms with Crippen LogP contribution in [0.5, 0.6) is 0 Å². The van der Waals surface area contributed by atoms with Gasteiger partial charge in [0.05, 0.1) is 0 Å². The van der Waals surface area contributed by atoms with Gasteiger partial charge in [-0.3, -0.25) is 0 Å². The summed E-state index contributed by atoms with van der Waals surface area (Å²) < 4.78 is 0. The molecule has 2 nitrogen and oxygen atoms in total. The van der Waals surface area contributed by atoms with Crippen molar-refractivity contribution >= 4 is 10.9 Å². The third-order valence-electron chi connectivity index (χ3n) is 3.00. The van der Waals surface area contributed by atoms with Crippen LogP contribution in [-0.4, -0.2) is 11.5 Å². The van der Waals surface area contributed by atoms with Crippen molar-refractivity contribution in [2.75, 3.05) is 6.54 Å². The van der Waals surface area contributed by atoms with Gasteiger partial charge in [-0.25, -0.2) is 0 Å². The van der Waals surface area contributed by atoms with Gasteiger partial charge in [0, 0.05) is 18.3 Å². The number of hydrogen-bond acceptors (Lipinski definition) is 1. The number of hydrogen-bond donors (Lipinski definition) is 2. The van der Waals surface area contributed by atoms with Crippen LogP contribution >= 0.6 is 0 Å². The van der Waals surface area contributed by atoms with E-state index in [4.69, 9.17) is 0 Å². The van der Waals surface area contributed by atoms with Crippen molar-refractivity contribution < 1.29 is 0 Å². The van der Waals surface area contributed by atoms with Crippen LogP contribution in [0.1, 0.15) is 32.8 Å². The van der Waals surface area contributed by atoms with Crippen molar-refractivity contribution in [3.05, 3.63) is 36.0 Å². The topological polar surface area (TPSA) is 27.8 Å². The number of nitrogens with one attached hydrogen (secondary N) is 2. The number of benzene rings is 1. The molecule has 2 heteroatoms. The van der Waals surface area contributed by atoms with Gasteiger partial charge in [0.15, 0.2) is 0 Å².